The van der Waals surface area contributed by atoms with Crippen LogP contribution in [-0.4, -0.2) is 56.6 Å². The standard InChI is InChI=1S/C19H26N6O3S/c1-4-23-12-19(21-15(23)3)29(26,27)24-9-7-16(8-10-24)13-28-18-6-5-17-20-14(2)11-25(17)22-18/h5-6,11-12,16H,4,7-10,13H2,1-3H3. The number of sulfonamides is 1. The number of nitrogens with zero attached hydrogens (tertiary/aromatic N) is 6. The van der Waals surface area contributed by atoms with Crippen LogP contribution in [0.4, 0.5) is 0 Å². The van der Waals surface area contributed by atoms with Gasteiger partial charge in [-0.25, -0.2) is 22.9 Å². The van der Waals surface area contributed by atoms with Gasteiger partial charge in [0.05, 0.1) is 18.5 Å². The summed E-state index contributed by atoms with van der Waals surface area (Å²) in [6.07, 6.45) is 4.98. The number of hydrogen-bond donors (Lipinski definition) is 0. The second-order valence-corrected chi connectivity index (χ2v) is 9.31. The number of ether oxygens (including phenoxy) is 1. The Labute approximate surface area is 170 Å². The summed E-state index contributed by atoms with van der Waals surface area (Å²) in [6.45, 7) is 7.88. The van der Waals surface area contributed by atoms with Gasteiger partial charge in [0.15, 0.2) is 10.7 Å². The summed E-state index contributed by atoms with van der Waals surface area (Å²) in [7, 11) is -3.55. The molecule has 4 heterocycles. The summed E-state index contributed by atoms with van der Waals surface area (Å²) < 4.78 is 36.7. The summed E-state index contributed by atoms with van der Waals surface area (Å²) in [5.74, 6) is 1.55. The van der Waals surface area contributed by atoms with Crippen molar-refractivity contribution in [2.24, 2.45) is 5.92 Å². The average molecular weight is 419 g/mol. The lowest BCUT2D eigenvalue weighted by atomic mass is 9.99. The first-order valence-electron chi connectivity index (χ1n) is 9.86. The zero-order chi connectivity index (χ0) is 20.6. The van der Waals surface area contributed by atoms with Crippen LogP contribution in [0.1, 0.15) is 31.3 Å². The van der Waals surface area contributed by atoms with E-state index < -0.39 is 10.0 Å². The van der Waals surface area contributed by atoms with Crippen molar-refractivity contribution in [1.29, 1.82) is 0 Å². The van der Waals surface area contributed by atoms with Crippen LogP contribution in [0.25, 0.3) is 5.65 Å². The van der Waals surface area contributed by atoms with Crippen LogP contribution in [0, 0.1) is 19.8 Å². The molecule has 0 unspecified atom stereocenters. The van der Waals surface area contributed by atoms with Crippen molar-refractivity contribution >= 4 is 15.7 Å². The van der Waals surface area contributed by atoms with Crippen LogP contribution in [0.2, 0.25) is 0 Å². The van der Waals surface area contributed by atoms with Gasteiger partial charge >= 0.3 is 0 Å². The smallest absolute Gasteiger partial charge is 0.262 e. The Hall–Kier alpha value is -2.46. The van der Waals surface area contributed by atoms with E-state index in [9.17, 15) is 8.42 Å². The van der Waals surface area contributed by atoms with E-state index in [4.69, 9.17) is 4.74 Å². The van der Waals surface area contributed by atoms with E-state index in [1.54, 1.807) is 10.7 Å². The van der Waals surface area contributed by atoms with Crippen molar-refractivity contribution in [3.63, 3.8) is 0 Å². The van der Waals surface area contributed by atoms with Gasteiger partial charge in [-0.2, -0.15) is 4.31 Å². The van der Waals surface area contributed by atoms with Gasteiger partial charge in [0, 0.05) is 31.9 Å². The maximum Gasteiger partial charge on any atom is 0.262 e. The molecule has 3 aromatic heterocycles. The van der Waals surface area contributed by atoms with E-state index in [2.05, 4.69) is 15.1 Å². The fraction of sp³-hybridized carbons (Fsp3) is 0.526. The molecule has 0 radical (unpaired) electrons. The minimum absolute atomic E-state index is 0.139. The number of fused-ring (bicyclic) bond motifs is 1. The fourth-order valence-corrected chi connectivity index (χ4v) is 5.10. The molecule has 29 heavy (non-hydrogen) atoms. The topological polar surface area (TPSA) is 94.6 Å². The van der Waals surface area contributed by atoms with Crippen molar-refractivity contribution < 1.29 is 13.2 Å². The van der Waals surface area contributed by atoms with E-state index >= 15 is 0 Å². The second-order valence-electron chi connectivity index (χ2n) is 7.43. The fourth-order valence-electron chi connectivity index (χ4n) is 3.64. The minimum Gasteiger partial charge on any atom is -0.476 e. The summed E-state index contributed by atoms with van der Waals surface area (Å²) >= 11 is 0. The maximum absolute atomic E-state index is 12.9. The van der Waals surface area contributed by atoms with E-state index in [1.807, 2.05) is 43.7 Å². The lowest BCUT2D eigenvalue weighted by Gasteiger charge is -2.30. The lowest BCUT2D eigenvalue weighted by Crippen LogP contribution is -2.39. The molecule has 1 aliphatic rings. The molecule has 0 saturated carbocycles. The van der Waals surface area contributed by atoms with Gasteiger partial charge in [-0.05, 0) is 45.6 Å². The highest BCUT2D eigenvalue weighted by molar-refractivity contribution is 7.89. The molecule has 0 amide bonds. The number of imidazole rings is 2. The Morgan fingerprint density at radius 3 is 2.59 bits per heavy atom. The molecule has 156 valence electrons. The molecule has 0 aliphatic carbocycles. The molecule has 3 aromatic rings. The predicted molar refractivity (Wildman–Crippen MR) is 107 cm³/mol. The molecular weight excluding hydrogens is 392 g/mol. The van der Waals surface area contributed by atoms with E-state index in [0.717, 1.165) is 24.2 Å². The first-order valence-corrected chi connectivity index (χ1v) is 11.3. The molecular formula is C19H26N6O3S. The largest absolute Gasteiger partial charge is 0.476 e. The second kappa shape index (κ2) is 7.75. The van der Waals surface area contributed by atoms with Crippen molar-refractivity contribution in [2.45, 2.75) is 45.2 Å². The molecule has 0 atom stereocenters. The van der Waals surface area contributed by atoms with Gasteiger partial charge < -0.3 is 9.30 Å². The molecule has 0 spiro atoms. The highest BCUT2D eigenvalue weighted by atomic mass is 32.2. The minimum atomic E-state index is -3.55. The zero-order valence-corrected chi connectivity index (χ0v) is 17.8. The zero-order valence-electron chi connectivity index (χ0n) is 16.9. The number of aromatic nitrogens is 5. The lowest BCUT2D eigenvalue weighted by molar-refractivity contribution is 0.179. The monoisotopic (exact) mass is 418 g/mol. The molecule has 9 nitrogen and oxygen atoms in total. The maximum atomic E-state index is 12.9. The van der Waals surface area contributed by atoms with Crippen molar-refractivity contribution in [3.05, 3.63) is 36.0 Å². The van der Waals surface area contributed by atoms with Crippen LogP contribution < -0.4 is 4.74 Å². The average Bonchev–Trinajstić information content (AvgIpc) is 3.27. The molecule has 1 aliphatic heterocycles. The van der Waals surface area contributed by atoms with Gasteiger partial charge in [-0.15, -0.1) is 5.10 Å². The van der Waals surface area contributed by atoms with Crippen molar-refractivity contribution in [1.82, 2.24) is 28.5 Å². The van der Waals surface area contributed by atoms with Gasteiger partial charge in [-0.1, -0.05) is 0 Å². The summed E-state index contributed by atoms with van der Waals surface area (Å²) in [4.78, 5) is 8.59. The molecule has 1 saturated heterocycles. The third-order valence-electron chi connectivity index (χ3n) is 5.36. The highest BCUT2D eigenvalue weighted by Gasteiger charge is 2.31. The van der Waals surface area contributed by atoms with Crippen LogP contribution in [0.3, 0.4) is 0 Å². The van der Waals surface area contributed by atoms with Crippen molar-refractivity contribution in [3.8, 4) is 5.88 Å². The third-order valence-corrected chi connectivity index (χ3v) is 7.13. The molecule has 10 heteroatoms. The first-order chi connectivity index (χ1) is 13.9. The van der Waals surface area contributed by atoms with Crippen LogP contribution in [0.5, 0.6) is 5.88 Å². The summed E-state index contributed by atoms with van der Waals surface area (Å²) in [5.41, 5.74) is 1.69. The van der Waals surface area contributed by atoms with Gasteiger partial charge in [0.2, 0.25) is 5.88 Å². The summed E-state index contributed by atoms with van der Waals surface area (Å²) in [6, 6.07) is 3.69. The molecule has 0 N–H and O–H groups in total. The van der Waals surface area contributed by atoms with E-state index in [-0.39, 0.29) is 5.03 Å². The Morgan fingerprint density at radius 2 is 1.90 bits per heavy atom. The van der Waals surface area contributed by atoms with Crippen LogP contribution in [0.15, 0.2) is 29.6 Å². The van der Waals surface area contributed by atoms with E-state index in [0.29, 0.717) is 43.9 Å². The predicted octanol–water partition coefficient (Wildman–Crippen LogP) is 2.04. The Kier molecular flexibility index (Phi) is 5.30. The summed E-state index contributed by atoms with van der Waals surface area (Å²) in [5, 5.41) is 4.55. The molecule has 1 fully saturated rings. The Balaban J connectivity index is 1.34. The SMILES string of the molecule is CCn1cc(S(=O)(=O)N2CCC(COc3ccc4nc(C)cn4n3)CC2)nc1C. The quantitative estimate of drug-likeness (QED) is 0.608. The van der Waals surface area contributed by atoms with E-state index in [1.165, 1.54) is 4.31 Å². The van der Waals surface area contributed by atoms with Gasteiger partial charge in [0.1, 0.15) is 5.82 Å². The Morgan fingerprint density at radius 1 is 1.14 bits per heavy atom. The highest BCUT2D eigenvalue weighted by Crippen LogP contribution is 2.24. The third kappa shape index (κ3) is 3.99. The number of hydrogen-bond acceptors (Lipinski definition) is 6. The van der Waals surface area contributed by atoms with Gasteiger partial charge in [-0.3, -0.25) is 0 Å². The van der Waals surface area contributed by atoms with Crippen LogP contribution >= 0.6 is 0 Å². The molecule has 4 rings (SSSR count). The number of rotatable bonds is 6. The van der Waals surface area contributed by atoms with Crippen LogP contribution in [-0.2, 0) is 16.6 Å². The first kappa shape index (κ1) is 19.8. The normalized spacial score (nSPS) is 16.5. The Bertz CT molecular complexity index is 1110. The van der Waals surface area contributed by atoms with Crippen molar-refractivity contribution in [2.75, 3.05) is 19.7 Å². The number of aryl methyl sites for hydroxylation is 3. The van der Waals surface area contributed by atoms with Gasteiger partial charge in [0.25, 0.3) is 10.0 Å². The number of piperidine rings is 1. The molecule has 0 bridgehead atoms. The molecule has 0 aromatic carbocycles.